The minimum absolute atomic E-state index is 0.167. The fourth-order valence-corrected chi connectivity index (χ4v) is 2.50. The van der Waals surface area contributed by atoms with Gasteiger partial charge in [-0.05, 0) is 30.7 Å². The van der Waals surface area contributed by atoms with E-state index in [-0.39, 0.29) is 11.9 Å². The van der Waals surface area contributed by atoms with Crippen LogP contribution in [0.15, 0.2) is 59.2 Å². The molecule has 0 aliphatic rings. The van der Waals surface area contributed by atoms with E-state index in [1.54, 1.807) is 18.4 Å². The highest BCUT2D eigenvalue weighted by molar-refractivity contribution is 5.80. The van der Waals surface area contributed by atoms with Crippen LogP contribution in [-0.4, -0.2) is 11.1 Å². The molecular formula is C18H18FNO2. The van der Waals surface area contributed by atoms with Crippen LogP contribution in [0.4, 0.5) is 4.39 Å². The Balaban J connectivity index is 1.66. The van der Waals surface area contributed by atoms with Gasteiger partial charge >= 0.3 is 0 Å². The summed E-state index contributed by atoms with van der Waals surface area (Å²) in [7, 11) is 0. The lowest BCUT2D eigenvalue weighted by Crippen LogP contribution is -2.31. The summed E-state index contributed by atoms with van der Waals surface area (Å²) >= 11 is 0. The summed E-state index contributed by atoms with van der Waals surface area (Å²) in [5, 5.41) is 14.7. The Labute approximate surface area is 128 Å². The van der Waals surface area contributed by atoms with Gasteiger partial charge in [0.2, 0.25) is 0 Å². The van der Waals surface area contributed by atoms with Gasteiger partial charge in [0.15, 0.2) is 0 Å². The average molecular weight is 299 g/mol. The summed E-state index contributed by atoms with van der Waals surface area (Å²) < 4.78 is 18.4. The molecule has 0 aliphatic heterocycles. The van der Waals surface area contributed by atoms with Gasteiger partial charge in [0.1, 0.15) is 11.4 Å². The number of fused-ring (bicyclic) bond motifs is 1. The van der Waals surface area contributed by atoms with Crippen molar-refractivity contribution in [3.05, 3.63) is 71.7 Å². The smallest absolute Gasteiger partial charge is 0.134 e. The number of aliphatic hydroxyl groups excluding tert-OH is 1. The van der Waals surface area contributed by atoms with Crippen molar-refractivity contribution in [1.29, 1.82) is 0 Å². The Morgan fingerprint density at radius 2 is 1.86 bits per heavy atom. The van der Waals surface area contributed by atoms with Crippen LogP contribution in [0.2, 0.25) is 0 Å². The summed E-state index contributed by atoms with van der Waals surface area (Å²) in [5.41, 5.74) is 2.60. The third-order valence-corrected chi connectivity index (χ3v) is 3.86. The van der Waals surface area contributed by atoms with Crippen molar-refractivity contribution >= 4 is 11.0 Å². The van der Waals surface area contributed by atoms with Gasteiger partial charge in [-0.15, -0.1) is 0 Å². The quantitative estimate of drug-likeness (QED) is 0.753. The van der Waals surface area contributed by atoms with Crippen molar-refractivity contribution in [3.63, 3.8) is 0 Å². The third kappa shape index (κ3) is 3.03. The molecule has 0 bridgehead atoms. The van der Waals surface area contributed by atoms with Gasteiger partial charge in [0, 0.05) is 23.5 Å². The number of hydrogen-bond acceptors (Lipinski definition) is 3. The topological polar surface area (TPSA) is 45.4 Å². The van der Waals surface area contributed by atoms with E-state index in [2.05, 4.69) is 5.32 Å². The zero-order valence-electron chi connectivity index (χ0n) is 12.3. The molecule has 0 saturated heterocycles. The maximum absolute atomic E-state index is 12.9. The highest BCUT2D eigenvalue weighted by Crippen LogP contribution is 2.22. The van der Waals surface area contributed by atoms with Crippen molar-refractivity contribution in [3.8, 4) is 0 Å². The first-order chi connectivity index (χ1) is 10.6. The largest absolute Gasteiger partial charge is 0.464 e. The minimum Gasteiger partial charge on any atom is -0.464 e. The molecule has 0 aliphatic carbocycles. The molecule has 2 aromatic carbocycles. The standard InChI is InChI=1S/C18H18FNO2/c1-12(18(21)13-6-8-15(19)9-7-13)20-10-14-11-22-17-5-3-2-4-16(14)17/h2-9,11-12,18,20-21H,10H2,1H3. The number of benzene rings is 2. The number of halogens is 1. The molecule has 0 radical (unpaired) electrons. The van der Waals surface area contributed by atoms with E-state index in [0.29, 0.717) is 12.1 Å². The molecule has 4 heteroatoms. The van der Waals surface area contributed by atoms with Crippen molar-refractivity contribution in [2.45, 2.75) is 25.6 Å². The average Bonchev–Trinajstić information content (AvgIpc) is 2.96. The molecule has 0 amide bonds. The van der Waals surface area contributed by atoms with E-state index in [4.69, 9.17) is 4.42 Å². The lowest BCUT2D eigenvalue weighted by atomic mass is 10.0. The van der Waals surface area contributed by atoms with Crippen molar-refractivity contribution in [1.82, 2.24) is 5.32 Å². The van der Waals surface area contributed by atoms with E-state index in [1.165, 1.54) is 12.1 Å². The first kappa shape index (κ1) is 14.8. The number of nitrogens with one attached hydrogen (secondary N) is 1. The molecule has 0 fully saturated rings. The Morgan fingerprint density at radius 3 is 2.64 bits per heavy atom. The van der Waals surface area contributed by atoms with E-state index >= 15 is 0 Å². The Kier molecular flexibility index (Phi) is 4.22. The zero-order chi connectivity index (χ0) is 15.5. The molecule has 3 aromatic rings. The molecule has 2 unspecified atom stereocenters. The number of rotatable bonds is 5. The Hall–Kier alpha value is -2.17. The van der Waals surface area contributed by atoms with Crippen LogP contribution in [-0.2, 0) is 6.54 Å². The number of aliphatic hydroxyl groups is 1. The first-order valence-electron chi connectivity index (χ1n) is 7.27. The maximum Gasteiger partial charge on any atom is 0.134 e. The van der Waals surface area contributed by atoms with Gasteiger partial charge in [0.05, 0.1) is 12.4 Å². The molecule has 3 nitrogen and oxygen atoms in total. The second-order valence-electron chi connectivity index (χ2n) is 5.42. The van der Waals surface area contributed by atoms with Crippen LogP contribution in [0.5, 0.6) is 0 Å². The highest BCUT2D eigenvalue weighted by Gasteiger charge is 2.16. The molecule has 3 rings (SSSR count). The maximum atomic E-state index is 12.9. The number of hydrogen-bond donors (Lipinski definition) is 2. The zero-order valence-corrected chi connectivity index (χ0v) is 12.3. The number of furan rings is 1. The van der Waals surface area contributed by atoms with Gasteiger partial charge in [-0.3, -0.25) is 0 Å². The summed E-state index contributed by atoms with van der Waals surface area (Å²) in [6.45, 7) is 2.49. The van der Waals surface area contributed by atoms with Crippen LogP contribution < -0.4 is 5.32 Å². The molecular weight excluding hydrogens is 281 g/mol. The van der Waals surface area contributed by atoms with E-state index in [0.717, 1.165) is 16.5 Å². The molecule has 2 atom stereocenters. The molecule has 22 heavy (non-hydrogen) atoms. The van der Waals surface area contributed by atoms with Crippen molar-refractivity contribution in [2.75, 3.05) is 0 Å². The van der Waals surface area contributed by atoms with Gasteiger partial charge in [-0.2, -0.15) is 0 Å². The third-order valence-electron chi connectivity index (χ3n) is 3.86. The first-order valence-corrected chi connectivity index (χ1v) is 7.27. The van der Waals surface area contributed by atoms with Crippen LogP contribution in [0, 0.1) is 5.82 Å². The fourth-order valence-electron chi connectivity index (χ4n) is 2.50. The highest BCUT2D eigenvalue weighted by atomic mass is 19.1. The van der Waals surface area contributed by atoms with Crippen LogP contribution in [0.1, 0.15) is 24.2 Å². The predicted molar refractivity (Wildman–Crippen MR) is 83.9 cm³/mol. The molecule has 0 spiro atoms. The van der Waals surface area contributed by atoms with Gasteiger partial charge in [-0.25, -0.2) is 4.39 Å². The molecule has 1 aromatic heterocycles. The monoisotopic (exact) mass is 299 g/mol. The second-order valence-corrected chi connectivity index (χ2v) is 5.42. The number of para-hydroxylation sites is 1. The second kappa shape index (κ2) is 6.30. The van der Waals surface area contributed by atoms with E-state index in [1.807, 2.05) is 31.2 Å². The van der Waals surface area contributed by atoms with Crippen molar-refractivity contribution < 1.29 is 13.9 Å². The van der Waals surface area contributed by atoms with Gasteiger partial charge in [-0.1, -0.05) is 30.3 Å². The van der Waals surface area contributed by atoms with Crippen LogP contribution in [0.3, 0.4) is 0 Å². The summed E-state index contributed by atoms with van der Waals surface area (Å²) in [5.74, 6) is -0.304. The van der Waals surface area contributed by atoms with Gasteiger partial charge in [0.25, 0.3) is 0 Å². The molecule has 114 valence electrons. The predicted octanol–water partition coefficient (Wildman–Crippen LogP) is 3.78. The van der Waals surface area contributed by atoms with E-state index < -0.39 is 6.10 Å². The van der Waals surface area contributed by atoms with Gasteiger partial charge < -0.3 is 14.8 Å². The summed E-state index contributed by atoms with van der Waals surface area (Å²) in [4.78, 5) is 0. The molecule has 2 N–H and O–H groups in total. The van der Waals surface area contributed by atoms with Crippen molar-refractivity contribution in [2.24, 2.45) is 0 Å². The Bertz CT molecular complexity index is 751. The minimum atomic E-state index is -0.696. The van der Waals surface area contributed by atoms with E-state index in [9.17, 15) is 9.50 Å². The lowest BCUT2D eigenvalue weighted by molar-refractivity contribution is 0.135. The SMILES string of the molecule is CC(NCc1coc2ccccc12)C(O)c1ccc(F)cc1. The summed E-state index contributed by atoms with van der Waals surface area (Å²) in [6, 6.07) is 13.6. The fraction of sp³-hybridized carbons (Fsp3) is 0.222. The Morgan fingerprint density at radius 1 is 1.14 bits per heavy atom. The van der Waals surface area contributed by atoms with Crippen LogP contribution in [0.25, 0.3) is 11.0 Å². The van der Waals surface area contributed by atoms with Crippen LogP contribution >= 0.6 is 0 Å². The molecule has 1 heterocycles. The normalized spacial score (nSPS) is 14.1. The lowest BCUT2D eigenvalue weighted by Gasteiger charge is -2.20. The molecule has 0 saturated carbocycles. The summed E-state index contributed by atoms with van der Waals surface area (Å²) in [6.07, 6.45) is 1.04.